The first kappa shape index (κ1) is 24.3. The second kappa shape index (κ2) is 10.7. The van der Waals surface area contributed by atoms with Crippen molar-refractivity contribution in [2.24, 2.45) is 5.92 Å². The predicted molar refractivity (Wildman–Crippen MR) is 101 cm³/mol. The van der Waals surface area contributed by atoms with Crippen molar-refractivity contribution >= 4 is 24.8 Å². The molecule has 1 atom stereocenters. The molecule has 0 spiro atoms. The smallest absolute Gasteiger partial charge is 0.403 e. The summed E-state index contributed by atoms with van der Waals surface area (Å²) in [6.07, 6.45) is 0.811. The first-order chi connectivity index (χ1) is 11.9. The summed E-state index contributed by atoms with van der Waals surface area (Å²) in [4.78, 5) is 2.34. The Morgan fingerprint density at radius 1 is 1.04 bits per heavy atom. The Morgan fingerprint density at radius 3 is 2.22 bits per heavy atom. The van der Waals surface area contributed by atoms with E-state index in [4.69, 9.17) is 0 Å². The van der Waals surface area contributed by atoms with Gasteiger partial charge in [-0.25, -0.2) is 4.39 Å². The average Bonchev–Trinajstić information content (AvgIpc) is 2.58. The van der Waals surface area contributed by atoms with E-state index in [9.17, 15) is 17.6 Å². The number of piperazine rings is 1. The Morgan fingerprint density at radius 2 is 1.67 bits per heavy atom. The van der Waals surface area contributed by atoms with Crippen molar-refractivity contribution in [1.82, 2.24) is 10.2 Å². The summed E-state index contributed by atoms with van der Waals surface area (Å²) in [7, 11) is 0. The molecule has 1 saturated carbocycles. The van der Waals surface area contributed by atoms with Gasteiger partial charge in [-0.2, -0.15) is 0 Å². The number of benzene rings is 1. The standard InChI is InChI=1S/C18H24F4N2O.2ClH/c19-15-12-14(6-7-16(15)25-18(20,21)22)17(13-4-2-1-3-5-13)24-10-8-23-9-11-24;;/h6-7,12-13,17,23H,1-5,8-11H2;2*1H/t17-;;/m0../s1. The van der Waals surface area contributed by atoms with E-state index in [2.05, 4.69) is 15.0 Å². The van der Waals surface area contributed by atoms with Gasteiger partial charge < -0.3 is 10.1 Å². The zero-order valence-electron chi connectivity index (χ0n) is 14.9. The lowest BCUT2D eigenvalue weighted by Gasteiger charge is -2.41. The second-order valence-electron chi connectivity index (χ2n) is 6.87. The van der Waals surface area contributed by atoms with Crippen molar-refractivity contribution in [3.8, 4) is 5.75 Å². The van der Waals surface area contributed by atoms with Gasteiger partial charge in [-0.05, 0) is 36.5 Å². The van der Waals surface area contributed by atoms with E-state index in [-0.39, 0.29) is 30.9 Å². The van der Waals surface area contributed by atoms with Gasteiger partial charge in [0.15, 0.2) is 11.6 Å². The summed E-state index contributed by atoms with van der Waals surface area (Å²) in [6, 6.07) is 3.97. The molecular weight excluding hydrogens is 407 g/mol. The van der Waals surface area contributed by atoms with Crippen LogP contribution in [0.4, 0.5) is 17.6 Å². The fourth-order valence-corrected chi connectivity index (χ4v) is 4.10. The Hall–Kier alpha value is -0.760. The molecule has 3 rings (SSSR count). The van der Waals surface area contributed by atoms with Crippen LogP contribution in [0.15, 0.2) is 18.2 Å². The molecule has 0 aromatic heterocycles. The maximum absolute atomic E-state index is 14.2. The molecule has 2 fully saturated rings. The van der Waals surface area contributed by atoms with Gasteiger partial charge >= 0.3 is 6.36 Å². The third kappa shape index (κ3) is 6.66. The van der Waals surface area contributed by atoms with Crippen molar-refractivity contribution in [3.63, 3.8) is 0 Å². The van der Waals surface area contributed by atoms with Gasteiger partial charge in [-0.15, -0.1) is 38.0 Å². The zero-order valence-corrected chi connectivity index (χ0v) is 16.6. The number of hydrogen-bond acceptors (Lipinski definition) is 3. The Balaban J connectivity index is 0.00000182. The van der Waals surface area contributed by atoms with Crippen molar-refractivity contribution in [2.75, 3.05) is 26.2 Å². The highest BCUT2D eigenvalue weighted by Gasteiger charge is 2.34. The van der Waals surface area contributed by atoms with Crippen LogP contribution in [0.1, 0.15) is 43.7 Å². The summed E-state index contributed by atoms with van der Waals surface area (Å²) < 4.78 is 55.1. The van der Waals surface area contributed by atoms with Crippen molar-refractivity contribution in [1.29, 1.82) is 0 Å². The van der Waals surface area contributed by atoms with Crippen molar-refractivity contribution in [3.05, 3.63) is 29.6 Å². The molecule has 2 aliphatic rings. The number of nitrogens with one attached hydrogen (secondary N) is 1. The second-order valence-corrected chi connectivity index (χ2v) is 6.87. The van der Waals surface area contributed by atoms with Gasteiger partial charge in [0.05, 0.1) is 0 Å². The number of halogens is 6. The predicted octanol–water partition coefficient (Wildman–Crippen LogP) is 5.09. The largest absolute Gasteiger partial charge is 0.573 e. The summed E-state index contributed by atoms with van der Waals surface area (Å²) in [5.74, 6) is -1.30. The molecule has 156 valence electrons. The Bertz CT molecular complexity index is 559. The van der Waals surface area contributed by atoms with E-state index < -0.39 is 17.9 Å². The highest BCUT2D eigenvalue weighted by Crippen LogP contribution is 2.39. The highest BCUT2D eigenvalue weighted by atomic mass is 35.5. The molecule has 1 N–H and O–H groups in total. The summed E-state index contributed by atoms with van der Waals surface area (Å²) >= 11 is 0. The minimum atomic E-state index is -4.89. The van der Waals surface area contributed by atoms with Crippen LogP contribution in [0.2, 0.25) is 0 Å². The maximum atomic E-state index is 14.2. The number of rotatable bonds is 4. The van der Waals surface area contributed by atoms with Crippen LogP contribution in [-0.4, -0.2) is 37.4 Å². The molecular formula is C18H26Cl2F4N2O. The average molecular weight is 433 g/mol. The van der Waals surface area contributed by atoms with Crippen LogP contribution in [0.5, 0.6) is 5.75 Å². The summed E-state index contributed by atoms with van der Waals surface area (Å²) in [5.41, 5.74) is 0.751. The molecule has 1 aromatic rings. The fourth-order valence-electron chi connectivity index (χ4n) is 4.10. The third-order valence-corrected chi connectivity index (χ3v) is 5.16. The topological polar surface area (TPSA) is 24.5 Å². The molecule has 1 saturated heterocycles. The third-order valence-electron chi connectivity index (χ3n) is 5.16. The van der Waals surface area contributed by atoms with Crippen molar-refractivity contribution < 1.29 is 22.3 Å². The van der Waals surface area contributed by atoms with Crippen LogP contribution in [0.3, 0.4) is 0 Å². The van der Waals surface area contributed by atoms with Crippen molar-refractivity contribution in [2.45, 2.75) is 44.5 Å². The molecule has 0 amide bonds. The lowest BCUT2D eigenvalue weighted by atomic mass is 9.80. The molecule has 0 radical (unpaired) electrons. The molecule has 9 heteroatoms. The monoisotopic (exact) mass is 432 g/mol. The van der Waals surface area contributed by atoms with Crippen LogP contribution in [0, 0.1) is 11.7 Å². The van der Waals surface area contributed by atoms with Gasteiger partial charge in [0.2, 0.25) is 0 Å². The Kier molecular flexibility index (Phi) is 9.62. The van der Waals surface area contributed by atoms with Gasteiger partial charge in [-0.3, -0.25) is 4.90 Å². The molecule has 1 aromatic carbocycles. The zero-order chi connectivity index (χ0) is 17.9. The number of ether oxygens (including phenoxy) is 1. The van der Waals surface area contributed by atoms with E-state index in [1.165, 1.54) is 12.5 Å². The quantitative estimate of drug-likeness (QED) is 0.670. The minimum absolute atomic E-state index is 0. The van der Waals surface area contributed by atoms with E-state index in [1.54, 1.807) is 6.07 Å². The Labute approximate surface area is 169 Å². The fraction of sp³-hybridized carbons (Fsp3) is 0.667. The number of nitrogens with zero attached hydrogens (tertiary/aromatic N) is 1. The lowest BCUT2D eigenvalue weighted by Crippen LogP contribution is -2.47. The summed E-state index contributed by atoms with van der Waals surface area (Å²) in [6.45, 7) is 3.48. The molecule has 1 aliphatic heterocycles. The van der Waals surface area contributed by atoms with Gasteiger partial charge in [-0.1, -0.05) is 25.3 Å². The molecule has 3 nitrogen and oxygen atoms in total. The number of alkyl halides is 3. The van der Waals surface area contributed by atoms with Crippen LogP contribution in [-0.2, 0) is 0 Å². The first-order valence-corrected chi connectivity index (χ1v) is 8.94. The van der Waals surface area contributed by atoms with Gasteiger partial charge in [0, 0.05) is 32.2 Å². The molecule has 27 heavy (non-hydrogen) atoms. The van der Waals surface area contributed by atoms with E-state index in [0.717, 1.165) is 63.5 Å². The van der Waals surface area contributed by atoms with Crippen LogP contribution < -0.4 is 10.1 Å². The lowest BCUT2D eigenvalue weighted by molar-refractivity contribution is -0.275. The van der Waals surface area contributed by atoms with Crippen LogP contribution in [0.25, 0.3) is 0 Å². The SMILES string of the molecule is Cl.Cl.Fc1cc([C@H](C2CCCCC2)N2CCNCC2)ccc1OC(F)(F)F. The van der Waals surface area contributed by atoms with Gasteiger partial charge in [0.1, 0.15) is 0 Å². The normalized spacial score (nSPS) is 20.3. The maximum Gasteiger partial charge on any atom is 0.573 e. The molecule has 1 heterocycles. The van der Waals surface area contributed by atoms with E-state index in [0.29, 0.717) is 5.92 Å². The van der Waals surface area contributed by atoms with E-state index >= 15 is 0 Å². The molecule has 0 unspecified atom stereocenters. The minimum Gasteiger partial charge on any atom is -0.403 e. The first-order valence-electron chi connectivity index (χ1n) is 8.94. The van der Waals surface area contributed by atoms with Gasteiger partial charge in [0.25, 0.3) is 0 Å². The van der Waals surface area contributed by atoms with E-state index in [1.807, 2.05) is 0 Å². The highest BCUT2D eigenvalue weighted by molar-refractivity contribution is 5.85. The summed E-state index contributed by atoms with van der Waals surface area (Å²) in [5, 5.41) is 3.31. The molecule has 0 bridgehead atoms. The molecule has 1 aliphatic carbocycles. The van der Waals surface area contributed by atoms with Crippen LogP contribution >= 0.6 is 24.8 Å². The number of hydrogen-bond donors (Lipinski definition) is 1.